The van der Waals surface area contributed by atoms with E-state index in [1.807, 2.05) is 7.05 Å². The monoisotopic (exact) mass is 304 g/mol. The maximum absolute atomic E-state index is 3.62. The molecule has 94 valence electrons. The number of hydrogen-bond acceptors (Lipinski definition) is 2. The van der Waals surface area contributed by atoms with Crippen molar-refractivity contribution >= 4 is 33.0 Å². The second-order valence-electron chi connectivity index (χ2n) is 4.31. The quantitative estimate of drug-likeness (QED) is 0.894. The Morgan fingerprint density at radius 2 is 1.72 bits per heavy atom. The average molecular weight is 305 g/mol. The molecule has 18 heavy (non-hydrogen) atoms. The van der Waals surface area contributed by atoms with Gasteiger partial charge in [0.1, 0.15) is 0 Å². The van der Waals surface area contributed by atoms with Crippen molar-refractivity contribution in [1.29, 1.82) is 0 Å². The number of halogens is 1. The molecule has 2 aromatic carbocycles. The molecule has 0 aliphatic heterocycles. The van der Waals surface area contributed by atoms with Crippen LogP contribution in [0.5, 0.6) is 0 Å². The van der Waals surface area contributed by atoms with Crippen LogP contribution in [0.2, 0.25) is 0 Å². The molecule has 0 atom stereocenters. The topological polar surface area (TPSA) is 15.3 Å². The maximum atomic E-state index is 3.62. The SMILES string of the molecule is CNc1ccc(N(C)c2ccc(C)cc2Br)cc1. The summed E-state index contributed by atoms with van der Waals surface area (Å²) in [7, 11) is 4.00. The Balaban J connectivity index is 2.31. The first-order chi connectivity index (χ1) is 8.61. The standard InChI is InChI=1S/C15H17BrN2/c1-11-4-9-15(14(16)10-11)18(3)13-7-5-12(17-2)6-8-13/h4-10,17H,1-3H3. The Hall–Kier alpha value is -1.48. The number of anilines is 3. The number of hydrogen-bond donors (Lipinski definition) is 1. The highest BCUT2D eigenvalue weighted by Gasteiger charge is 2.07. The lowest BCUT2D eigenvalue weighted by Crippen LogP contribution is -2.10. The van der Waals surface area contributed by atoms with Crippen LogP contribution in [0.4, 0.5) is 17.1 Å². The summed E-state index contributed by atoms with van der Waals surface area (Å²) in [6.07, 6.45) is 0. The van der Waals surface area contributed by atoms with Crippen LogP contribution < -0.4 is 10.2 Å². The predicted octanol–water partition coefficient (Wildman–Crippen LogP) is 4.57. The molecule has 2 nitrogen and oxygen atoms in total. The molecule has 0 unspecified atom stereocenters. The Bertz CT molecular complexity index is 535. The van der Waals surface area contributed by atoms with Crippen LogP contribution in [-0.2, 0) is 0 Å². The van der Waals surface area contributed by atoms with Crippen molar-refractivity contribution in [2.75, 3.05) is 24.3 Å². The summed E-state index contributed by atoms with van der Waals surface area (Å²) in [6, 6.07) is 14.8. The normalized spacial score (nSPS) is 10.2. The molecular weight excluding hydrogens is 288 g/mol. The van der Waals surface area contributed by atoms with Crippen LogP contribution in [-0.4, -0.2) is 14.1 Å². The third-order valence-corrected chi connectivity index (χ3v) is 3.64. The van der Waals surface area contributed by atoms with Crippen molar-refractivity contribution in [3.8, 4) is 0 Å². The molecule has 0 heterocycles. The van der Waals surface area contributed by atoms with Crippen LogP contribution in [0.25, 0.3) is 0 Å². The summed E-state index contributed by atoms with van der Waals surface area (Å²) in [6.45, 7) is 2.09. The van der Waals surface area contributed by atoms with E-state index in [1.165, 1.54) is 11.3 Å². The molecule has 1 N–H and O–H groups in total. The van der Waals surface area contributed by atoms with Gasteiger partial charge in [0.05, 0.1) is 5.69 Å². The smallest absolute Gasteiger partial charge is 0.0552 e. The van der Waals surface area contributed by atoms with E-state index in [9.17, 15) is 0 Å². The molecule has 2 rings (SSSR count). The van der Waals surface area contributed by atoms with Gasteiger partial charge in [0, 0.05) is 29.9 Å². The molecule has 0 bridgehead atoms. The van der Waals surface area contributed by atoms with Crippen molar-refractivity contribution in [3.63, 3.8) is 0 Å². The second kappa shape index (κ2) is 5.44. The Morgan fingerprint density at radius 1 is 1.06 bits per heavy atom. The lowest BCUT2D eigenvalue weighted by molar-refractivity contribution is 1.19. The number of nitrogens with one attached hydrogen (secondary N) is 1. The summed E-state index contributed by atoms with van der Waals surface area (Å²) in [5, 5.41) is 3.12. The number of aryl methyl sites for hydroxylation is 1. The third kappa shape index (κ3) is 2.67. The van der Waals surface area contributed by atoms with Gasteiger partial charge in [0.25, 0.3) is 0 Å². The van der Waals surface area contributed by atoms with E-state index >= 15 is 0 Å². The average Bonchev–Trinajstić information content (AvgIpc) is 2.38. The highest BCUT2D eigenvalue weighted by Crippen LogP contribution is 2.31. The van der Waals surface area contributed by atoms with Gasteiger partial charge < -0.3 is 10.2 Å². The molecule has 0 saturated heterocycles. The molecule has 2 aromatic rings. The Morgan fingerprint density at radius 3 is 2.28 bits per heavy atom. The molecule has 0 saturated carbocycles. The van der Waals surface area contributed by atoms with E-state index in [0.717, 1.165) is 15.8 Å². The zero-order valence-corrected chi connectivity index (χ0v) is 12.5. The van der Waals surface area contributed by atoms with Crippen molar-refractivity contribution < 1.29 is 0 Å². The Labute approximate surface area is 117 Å². The van der Waals surface area contributed by atoms with E-state index < -0.39 is 0 Å². The van der Waals surface area contributed by atoms with Gasteiger partial charge in [0.15, 0.2) is 0 Å². The van der Waals surface area contributed by atoms with Crippen molar-refractivity contribution in [1.82, 2.24) is 0 Å². The number of nitrogens with zero attached hydrogens (tertiary/aromatic N) is 1. The summed E-state index contributed by atoms with van der Waals surface area (Å²) in [5.74, 6) is 0. The van der Waals surface area contributed by atoms with Crippen molar-refractivity contribution in [2.24, 2.45) is 0 Å². The molecule has 0 aliphatic carbocycles. The predicted molar refractivity (Wildman–Crippen MR) is 82.9 cm³/mol. The van der Waals surface area contributed by atoms with Crippen LogP contribution in [0.1, 0.15) is 5.56 Å². The van der Waals surface area contributed by atoms with Gasteiger partial charge >= 0.3 is 0 Å². The summed E-state index contributed by atoms with van der Waals surface area (Å²) < 4.78 is 1.11. The van der Waals surface area contributed by atoms with Crippen LogP contribution >= 0.6 is 15.9 Å². The van der Waals surface area contributed by atoms with E-state index in [1.54, 1.807) is 0 Å². The zero-order valence-electron chi connectivity index (χ0n) is 10.9. The first-order valence-electron chi connectivity index (χ1n) is 5.89. The largest absolute Gasteiger partial charge is 0.388 e. The van der Waals surface area contributed by atoms with Crippen LogP contribution in [0, 0.1) is 6.92 Å². The lowest BCUT2D eigenvalue weighted by Gasteiger charge is -2.21. The summed E-state index contributed by atoms with van der Waals surface area (Å²) >= 11 is 3.62. The zero-order chi connectivity index (χ0) is 13.1. The number of rotatable bonds is 3. The van der Waals surface area contributed by atoms with E-state index in [-0.39, 0.29) is 0 Å². The molecule has 0 amide bonds. The van der Waals surface area contributed by atoms with Gasteiger partial charge in [-0.25, -0.2) is 0 Å². The van der Waals surface area contributed by atoms with Gasteiger partial charge in [-0.05, 0) is 64.8 Å². The van der Waals surface area contributed by atoms with E-state index in [0.29, 0.717) is 0 Å². The maximum Gasteiger partial charge on any atom is 0.0552 e. The number of benzene rings is 2. The molecule has 3 heteroatoms. The molecule has 0 aromatic heterocycles. The van der Waals surface area contributed by atoms with Crippen LogP contribution in [0.3, 0.4) is 0 Å². The van der Waals surface area contributed by atoms with Gasteiger partial charge in [-0.3, -0.25) is 0 Å². The van der Waals surface area contributed by atoms with Gasteiger partial charge in [0.2, 0.25) is 0 Å². The molecule has 0 aliphatic rings. The van der Waals surface area contributed by atoms with Gasteiger partial charge in [-0.2, -0.15) is 0 Å². The summed E-state index contributed by atoms with van der Waals surface area (Å²) in [5.41, 5.74) is 4.70. The van der Waals surface area contributed by atoms with Crippen LogP contribution in [0.15, 0.2) is 46.9 Å². The highest BCUT2D eigenvalue weighted by atomic mass is 79.9. The van der Waals surface area contributed by atoms with Crippen molar-refractivity contribution in [3.05, 3.63) is 52.5 Å². The first-order valence-corrected chi connectivity index (χ1v) is 6.69. The minimum Gasteiger partial charge on any atom is -0.388 e. The molecule has 0 spiro atoms. The molecule has 0 fully saturated rings. The van der Waals surface area contributed by atoms with E-state index in [2.05, 4.69) is 82.6 Å². The summed E-state index contributed by atoms with van der Waals surface area (Å²) in [4.78, 5) is 2.17. The van der Waals surface area contributed by atoms with E-state index in [4.69, 9.17) is 0 Å². The fourth-order valence-electron chi connectivity index (χ4n) is 1.87. The molecular formula is C15H17BrN2. The minimum atomic E-state index is 1.11. The minimum absolute atomic E-state index is 1.11. The van der Waals surface area contributed by atoms with Gasteiger partial charge in [-0.15, -0.1) is 0 Å². The fourth-order valence-corrected chi connectivity index (χ4v) is 2.63. The molecule has 0 radical (unpaired) electrons. The third-order valence-electron chi connectivity index (χ3n) is 3.01. The van der Waals surface area contributed by atoms with Gasteiger partial charge in [-0.1, -0.05) is 6.07 Å². The highest BCUT2D eigenvalue weighted by molar-refractivity contribution is 9.10. The second-order valence-corrected chi connectivity index (χ2v) is 5.17. The van der Waals surface area contributed by atoms with Crippen molar-refractivity contribution in [2.45, 2.75) is 6.92 Å². The lowest BCUT2D eigenvalue weighted by atomic mass is 10.2. The Kier molecular flexibility index (Phi) is 3.92. The fraction of sp³-hybridized carbons (Fsp3) is 0.200. The first kappa shape index (κ1) is 13.0.